The van der Waals surface area contributed by atoms with Gasteiger partial charge >= 0.3 is 11.9 Å². The number of rotatable bonds is 9. The molecule has 9 heteroatoms. The molecule has 176 valence electrons. The van der Waals surface area contributed by atoms with Gasteiger partial charge in [0.1, 0.15) is 11.6 Å². The lowest BCUT2D eigenvalue weighted by molar-refractivity contribution is -0.148. The van der Waals surface area contributed by atoms with Crippen molar-refractivity contribution in [3.8, 4) is 0 Å². The van der Waals surface area contributed by atoms with Crippen LogP contribution in [0.4, 0.5) is 0 Å². The van der Waals surface area contributed by atoms with E-state index in [1.54, 1.807) is 0 Å². The van der Waals surface area contributed by atoms with Crippen LogP contribution in [0.3, 0.4) is 0 Å². The van der Waals surface area contributed by atoms with E-state index in [0.717, 1.165) is 43.9 Å². The molecular weight excluding hydrogens is 440 g/mol. The van der Waals surface area contributed by atoms with Gasteiger partial charge in [-0.3, -0.25) is 24.0 Å². The lowest BCUT2D eigenvalue weighted by Crippen LogP contribution is -2.32. The molecule has 7 nitrogen and oxygen atoms in total. The minimum atomic E-state index is -0.859. The predicted molar refractivity (Wildman–Crippen MR) is 122 cm³/mol. The second-order valence-electron chi connectivity index (χ2n) is 8.17. The number of thioether (sulfide) groups is 1. The van der Waals surface area contributed by atoms with Gasteiger partial charge in [0.15, 0.2) is 5.12 Å². The summed E-state index contributed by atoms with van der Waals surface area (Å²) < 4.78 is 0. The summed E-state index contributed by atoms with van der Waals surface area (Å²) in [7, 11) is 0. The summed E-state index contributed by atoms with van der Waals surface area (Å²) >= 11 is 5.12. The summed E-state index contributed by atoms with van der Waals surface area (Å²) in [6.07, 6.45) is 7.11. The molecule has 0 saturated heterocycles. The van der Waals surface area contributed by atoms with Crippen LogP contribution in [0, 0.1) is 23.7 Å². The molecule has 2 rings (SSSR count). The molecule has 0 bridgehead atoms. The van der Waals surface area contributed by atoms with Gasteiger partial charge in [0.25, 0.3) is 0 Å². The maximum atomic E-state index is 11.9. The van der Waals surface area contributed by atoms with E-state index in [-0.39, 0.29) is 28.5 Å². The second kappa shape index (κ2) is 14.7. The maximum Gasteiger partial charge on any atom is 0.307 e. The van der Waals surface area contributed by atoms with Gasteiger partial charge < -0.3 is 10.2 Å². The summed E-state index contributed by atoms with van der Waals surface area (Å²) in [6, 6.07) is 0. The standard InChI is InChI=1S/C12H18O4S.C10H16O3S/c1-8(13)17-7-6-11(14)9-4-2-3-5-10(9)12(15)16;11-9(5-6-14)7-3-1-2-4-8(7)10(12)13/h9-10H,2-7H2,1H3,(H,15,16);7-8,14H,1-6H2,(H,12,13)/t9-,10-;7-,8-/m11/s1. The number of hydrogen-bond donors (Lipinski definition) is 3. The van der Waals surface area contributed by atoms with Crippen LogP contribution < -0.4 is 0 Å². The van der Waals surface area contributed by atoms with Crippen molar-refractivity contribution in [1.82, 2.24) is 0 Å². The first-order valence-corrected chi connectivity index (χ1v) is 12.6. The van der Waals surface area contributed by atoms with Crippen molar-refractivity contribution in [3.63, 3.8) is 0 Å². The number of carbonyl (C=O) groups is 5. The molecule has 0 radical (unpaired) electrons. The number of carboxylic acid groups (broad SMARTS) is 2. The molecular formula is C22H34O7S2. The molecule has 2 saturated carbocycles. The number of aliphatic carboxylic acids is 2. The van der Waals surface area contributed by atoms with E-state index in [1.807, 2.05) is 0 Å². The highest BCUT2D eigenvalue weighted by Crippen LogP contribution is 2.32. The Morgan fingerprint density at radius 1 is 0.742 bits per heavy atom. The summed E-state index contributed by atoms with van der Waals surface area (Å²) in [4.78, 5) is 56.2. The van der Waals surface area contributed by atoms with Gasteiger partial charge in [-0.25, -0.2) is 0 Å². The number of thiol groups is 1. The molecule has 0 spiro atoms. The van der Waals surface area contributed by atoms with Gasteiger partial charge in [0.05, 0.1) is 11.8 Å². The second-order valence-corrected chi connectivity index (χ2v) is 9.89. The third kappa shape index (κ3) is 9.76. The van der Waals surface area contributed by atoms with Gasteiger partial charge in [-0.1, -0.05) is 37.4 Å². The fourth-order valence-corrected chi connectivity index (χ4v) is 5.21. The van der Waals surface area contributed by atoms with Crippen molar-refractivity contribution in [2.45, 2.75) is 71.1 Å². The molecule has 0 aliphatic heterocycles. The molecule has 0 unspecified atom stereocenters. The van der Waals surface area contributed by atoms with Crippen LogP contribution in [0.25, 0.3) is 0 Å². The molecule has 0 aromatic rings. The molecule has 2 fully saturated rings. The zero-order valence-corrected chi connectivity index (χ0v) is 19.8. The van der Waals surface area contributed by atoms with Crippen molar-refractivity contribution >= 4 is 53.0 Å². The van der Waals surface area contributed by atoms with E-state index in [4.69, 9.17) is 10.2 Å². The Morgan fingerprint density at radius 3 is 1.48 bits per heavy atom. The molecule has 0 amide bonds. The Bertz CT molecular complexity index is 650. The lowest BCUT2D eigenvalue weighted by Gasteiger charge is -2.27. The smallest absolute Gasteiger partial charge is 0.307 e. The van der Waals surface area contributed by atoms with Gasteiger partial charge in [-0.15, -0.1) is 0 Å². The quantitative estimate of drug-likeness (QED) is 0.430. The molecule has 2 aliphatic carbocycles. The predicted octanol–water partition coefficient (Wildman–Crippen LogP) is 3.88. The van der Waals surface area contributed by atoms with Gasteiger partial charge in [-0.2, -0.15) is 12.6 Å². The summed E-state index contributed by atoms with van der Waals surface area (Å²) in [6.45, 7) is 1.47. The number of carboxylic acids is 2. The van der Waals surface area contributed by atoms with Crippen LogP contribution in [0.5, 0.6) is 0 Å². The van der Waals surface area contributed by atoms with Crippen LogP contribution in [-0.2, 0) is 24.0 Å². The molecule has 4 atom stereocenters. The number of carbonyl (C=O) groups excluding carboxylic acids is 3. The van der Waals surface area contributed by atoms with E-state index in [9.17, 15) is 24.0 Å². The Hall–Kier alpha value is -1.35. The third-order valence-electron chi connectivity index (χ3n) is 6.01. The topological polar surface area (TPSA) is 126 Å². The number of Topliss-reactive ketones (excluding diaryl/α,β-unsaturated/α-hetero) is 2. The van der Waals surface area contributed by atoms with Crippen LogP contribution in [0.15, 0.2) is 0 Å². The minimum Gasteiger partial charge on any atom is -0.481 e. The minimum absolute atomic E-state index is 0.00349. The van der Waals surface area contributed by atoms with Crippen molar-refractivity contribution in [3.05, 3.63) is 0 Å². The van der Waals surface area contributed by atoms with Crippen molar-refractivity contribution < 1.29 is 34.2 Å². The number of hydrogen-bond acceptors (Lipinski definition) is 7. The Labute approximate surface area is 193 Å². The normalized spacial score (nSPS) is 25.6. The van der Waals surface area contributed by atoms with Gasteiger partial charge in [-0.05, 0) is 31.4 Å². The van der Waals surface area contributed by atoms with Crippen LogP contribution in [0.2, 0.25) is 0 Å². The van der Waals surface area contributed by atoms with Gasteiger partial charge in [0.2, 0.25) is 0 Å². The average Bonchev–Trinajstić information content (AvgIpc) is 2.74. The molecule has 0 heterocycles. The molecule has 2 N–H and O–H groups in total. The highest BCUT2D eigenvalue weighted by molar-refractivity contribution is 8.13. The van der Waals surface area contributed by atoms with Crippen molar-refractivity contribution in [2.75, 3.05) is 11.5 Å². The fourth-order valence-electron chi connectivity index (χ4n) is 4.40. The maximum absolute atomic E-state index is 11.9. The molecule has 31 heavy (non-hydrogen) atoms. The van der Waals surface area contributed by atoms with E-state index in [1.165, 1.54) is 6.92 Å². The monoisotopic (exact) mass is 474 g/mol. The largest absolute Gasteiger partial charge is 0.481 e. The highest BCUT2D eigenvalue weighted by Gasteiger charge is 2.35. The first-order chi connectivity index (χ1) is 14.7. The zero-order valence-electron chi connectivity index (χ0n) is 18.1. The Morgan fingerprint density at radius 2 is 1.13 bits per heavy atom. The van der Waals surface area contributed by atoms with E-state index in [2.05, 4.69) is 12.6 Å². The first kappa shape index (κ1) is 27.7. The summed E-state index contributed by atoms with van der Waals surface area (Å²) in [5.41, 5.74) is 0. The molecule has 0 aromatic heterocycles. The average molecular weight is 475 g/mol. The molecule has 2 aliphatic rings. The van der Waals surface area contributed by atoms with Gasteiger partial charge in [0, 0.05) is 37.4 Å². The lowest BCUT2D eigenvalue weighted by atomic mass is 9.76. The van der Waals surface area contributed by atoms with E-state index < -0.39 is 23.8 Å². The third-order valence-corrected chi connectivity index (χ3v) is 7.04. The van der Waals surface area contributed by atoms with Crippen LogP contribution in [-0.4, -0.2) is 50.3 Å². The van der Waals surface area contributed by atoms with Crippen LogP contribution >= 0.6 is 24.4 Å². The van der Waals surface area contributed by atoms with Crippen LogP contribution in [0.1, 0.15) is 71.1 Å². The zero-order chi connectivity index (χ0) is 23.4. The SMILES string of the molecule is CC(=O)SCCC(=O)[C@@H]1CCCC[C@H]1C(=O)O.O=C(O)[C@@H]1CCCC[C@H]1C(=O)CCS. The Balaban J connectivity index is 0.000000316. The van der Waals surface area contributed by atoms with Crippen molar-refractivity contribution in [1.29, 1.82) is 0 Å². The number of ketones is 2. The first-order valence-electron chi connectivity index (χ1n) is 10.9. The van der Waals surface area contributed by atoms with E-state index in [0.29, 0.717) is 43.6 Å². The summed E-state index contributed by atoms with van der Waals surface area (Å²) in [5, 5.41) is 18.0. The van der Waals surface area contributed by atoms with E-state index >= 15 is 0 Å². The summed E-state index contributed by atoms with van der Waals surface area (Å²) in [5.74, 6) is -2.17. The fraction of sp³-hybridized carbons (Fsp3) is 0.773. The molecule has 0 aromatic carbocycles. The Kier molecular flexibility index (Phi) is 13.1. The van der Waals surface area contributed by atoms with Crippen molar-refractivity contribution in [2.24, 2.45) is 23.7 Å². The highest BCUT2D eigenvalue weighted by atomic mass is 32.2.